The number of hydrogen-bond acceptors (Lipinski definition) is 5. The van der Waals surface area contributed by atoms with Crippen LogP contribution in [0.1, 0.15) is 45.6 Å². The predicted octanol–water partition coefficient (Wildman–Crippen LogP) is 3.47. The standard InChI is InChI=1S/C23H36N2O4Si/c1-23(2,3)30(4,5)29-18-14-20(22(27)28-16-17-10-7-6-8-11-17)25(15-18)21(26)19-12-9-13-24-19/h6-8,10-11,18-20,24H,9,12-16H2,1-5H3/t18-,19-,20+/m1/s1. The van der Waals surface area contributed by atoms with Crippen LogP contribution >= 0.6 is 0 Å². The van der Waals surface area contributed by atoms with Crippen LogP contribution in [0.3, 0.4) is 0 Å². The normalized spacial score (nSPS) is 24.8. The molecule has 2 saturated heterocycles. The molecule has 2 heterocycles. The number of carbonyl (C=O) groups excluding carboxylic acids is 2. The fraction of sp³-hybridized carbons (Fsp3) is 0.652. The Balaban J connectivity index is 1.71. The molecule has 1 aromatic rings. The summed E-state index contributed by atoms with van der Waals surface area (Å²) >= 11 is 0. The summed E-state index contributed by atoms with van der Waals surface area (Å²) in [5.41, 5.74) is 0.938. The van der Waals surface area contributed by atoms with Crippen molar-refractivity contribution in [2.24, 2.45) is 0 Å². The second-order valence-electron chi connectivity index (χ2n) is 9.98. The monoisotopic (exact) mass is 432 g/mol. The number of nitrogens with zero attached hydrogens (tertiary/aromatic N) is 1. The molecule has 3 atom stereocenters. The largest absolute Gasteiger partial charge is 0.459 e. The maximum Gasteiger partial charge on any atom is 0.329 e. The number of hydrogen-bond donors (Lipinski definition) is 1. The lowest BCUT2D eigenvalue weighted by molar-refractivity contribution is -0.155. The van der Waals surface area contributed by atoms with Crippen LogP contribution in [0.5, 0.6) is 0 Å². The first kappa shape index (κ1) is 23.0. The Bertz CT molecular complexity index is 741. The highest BCUT2D eigenvalue weighted by atomic mass is 28.4. The van der Waals surface area contributed by atoms with Crippen molar-refractivity contribution in [3.05, 3.63) is 35.9 Å². The average molecular weight is 433 g/mol. The van der Waals surface area contributed by atoms with Crippen LogP contribution in [0.25, 0.3) is 0 Å². The Morgan fingerprint density at radius 3 is 2.50 bits per heavy atom. The molecule has 3 rings (SSSR count). The van der Waals surface area contributed by atoms with Crippen LogP contribution in [0.4, 0.5) is 0 Å². The van der Waals surface area contributed by atoms with Gasteiger partial charge in [0, 0.05) is 13.0 Å². The predicted molar refractivity (Wildman–Crippen MR) is 119 cm³/mol. The average Bonchev–Trinajstić information content (AvgIpc) is 3.35. The van der Waals surface area contributed by atoms with Gasteiger partial charge in [-0.05, 0) is 43.1 Å². The first-order valence-corrected chi connectivity index (χ1v) is 13.9. The molecule has 7 heteroatoms. The van der Waals surface area contributed by atoms with Gasteiger partial charge in [0.1, 0.15) is 12.6 Å². The third-order valence-corrected chi connectivity index (χ3v) is 11.2. The minimum atomic E-state index is -2.01. The van der Waals surface area contributed by atoms with Crippen molar-refractivity contribution in [3.63, 3.8) is 0 Å². The second kappa shape index (κ2) is 9.20. The molecule has 0 aromatic heterocycles. The van der Waals surface area contributed by atoms with E-state index in [-0.39, 0.29) is 35.7 Å². The zero-order valence-electron chi connectivity index (χ0n) is 18.9. The molecular formula is C23H36N2O4Si. The molecule has 1 aromatic carbocycles. The van der Waals surface area contributed by atoms with E-state index in [1.807, 2.05) is 30.3 Å². The van der Waals surface area contributed by atoms with Gasteiger partial charge in [-0.25, -0.2) is 4.79 Å². The van der Waals surface area contributed by atoms with Crippen molar-refractivity contribution in [1.29, 1.82) is 0 Å². The van der Waals surface area contributed by atoms with E-state index in [2.05, 4.69) is 39.2 Å². The minimum absolute atomic E-state index is 0.00417. The summed E-state index contributed by atoms with van der Waals surface area (Å²) in [5, 5.41) is 3.33. The first-order valence-electron chi connectivity index (χ1n) is 11.0. The first-order chi connectivity index (χ1) is 14.1. The quantitative estimate of drug-likeness (QED) is 0.551. The molecule has 0 unspecified atom stereocenters. The fourth-order valence-corrected chi connectivity index (χ4v) is 5.22. The maximum absolute atomic E-state index is 13.2. The van der Waals surface area contributed by atoms with Crippen LogP contribution in [-0.4, -0.2) is 56.4 Å². The van der Waals surface area contributed by atoms with E-state index < -0.39 is 14.4 Å². The highest BCUT2D eigenvalue weighted by Gasteiger charge is 2.47. The zero-order valence-corrected chi connectivity index (χ0v) is 19.9. The molecule has 0 saturated carbocycles. The Hall–Kier alpha value is -1.70. The number of carbonyl (C=O) groups is 2. The number of ether oxygens (including phenoxy) is 1. The molecule has 166 valence electrons. The van der Waals surface area contributed by atoms with Crippen LogP contribution < -0.4 is 5.32 Å². The van der Waals surface area contributed by atoms with Gasteiger partial charge in [0.2, 0.25) is 5.91 Å². The Labute approximate surface area is 181 Å². The van der Waals surface area contributed by atoms with Gasteiger partial charge in [0.05, 0.1) is 12.1 Å². The van der Waals surface area contributed by atoms with Crippen molar-refractivity contribution in [2.75, 3.05) is 13.1 Å². The summed E-state index contributed by atoms with van der Waals surface area (Å²) < 4.78 is 12.2. The van der Waals surface area contributed by atoms with Crippen molar-refractivity contribution in [2.45, 2.75) is 83.0 Å². The zero-order chi connectivity index (χ0) is 21.9. The van der Waals surface area contributed by atoms with Gasteiger partial charge in [-0.15, -0.1) is 0 Å². The molecule has 2 aliphatic rings. The maximum atomic E-state index is 13.2. The lowest BCUT2D eigenvalue weighted by Crippen LogP contribution is -2.49. The summed E-state index contributed by atoms with van der Waals surface area (Å²) in [6, 6.07) is 8.83. The highest BCUT2D eigenvalue weighted by Crippen LogP contribution is 2.39. The van der Waals surface area contributed by atoms with Crippen LogP contribution in [-0.2, 0) is 25.4 Å². The fourth-order valence-electron chi connectivity index (χ4n) is 3.86. The highest BCUT2D eigenvalue weighted by molar-refractivity contribution is 6.74. The van der Waals surface area contributed by atoms with Gasteiger partial charge in [-0.2, -0.15) is 0 Å². The third-order valence-electron chi connectivity index (χ3n) is 6.67. The molecule has 0 aliphatic carbocycles. The summed E-state index contributed by atoms with van der Waals surface area (Å²) in [7, 11) is -2.01. The smallest absolute Gasteiger partial charge is 0.329 e. The number of amides is 1. The van der Waals surface area contributed by atoms with Gasteiger partial charge in [-0.3, -0.25) is 4.79 Å². The Kier molecular flexibility index (Phi) is 7.04. The lowest BCUT2D eigenvalue weighted by Gasteiger charge is -2.38. The van der Waals surface area contributed by atoms with Crippen LogP contribution in [0, 0.1) is 0 Å². The summed E-state index contributed by atoms with van der Waals surface area (Å²) in [5.74, 6) is -0.345. The second-order valence-corrected chi connectivity index (χ2v) is 14.7. The SMILES string of the molecule is CC(C)(C)[Si](C)(C)O[C@@H]1C[C@@H](C(=O)OCc2ccccc2)N(C(=O)[C@H]2CCCN2)C1. The minimum Gasteiger partial charge on any atom is -0.459 e. The molecule has 0 spiro atoms. The van der Waals surface area contributed by atoms with Crippen molar-refractivity contribution < 1.29 is 18.8 Å². The van der Waals surface area contributed by atoms with Gasteiger partial charge in [0.25, 0.3) is 0 Å². The van der Waals surface area contributed by atoms with Gasteiger partial charge in [-0.1, -0.05) is 51.1 Å². The van der Waals surface area contributed by atoms with Crippen molar-refractivity contribution >= 4 is 20.2 Å². The van der Waals surface area contributed by atoms with E-state index >= 15 is 0 Å². The van der Waals surface area contributed by atoms with Gasteiger partial charge >= 0.3 is 5.97 Å². The van der Waals surface area contributed by atoms with E-state index in [1.54, 1.807) is 4.90 Å². The molecule has 1 amide bonds. The van der Waals surface area contributed by atoms with Crippen molar-refractivity contribution in [1.82, 2.24) is 10.2 Å². The number of nitrogens with one attached hydrogen (secondary N) is 1. The number of rotatable bonds is 6. The van der Waals surface area contributed by atoms with Gasteiger partial charge in [0.15, 0.2) is 8.32 Å². The molecule has 0 radical (unpaired) electrons. The van der Waals surface area contributed by atoms with Crippen molar-refractivity contribution in [3.8, 4) is 0 Å². The number of likely N-dealkylation sites (tertiary alicyclic amines) is 1. The summed E-state index contributed by atoms with van der Waals surface area (Å²) in [4.78, 5) is 27.8. The van der Waals surface area contributed by atoms with E-state index in [4.69, 9.17) is 9.16 Å². The summed E-state index contributed by atoms with van der Waals surface area (Å²) in [6.07, 6.45) is 2.16. The Morgan fingerprint density at radius 2 is 1.90 bits per heavy atom. The molecule has 30 heavy (non-hydrogen) atoms. The molecule has 6 nitrogen and oxygen atoms in total. The van der Waals surface area contributed by atoms with Gasteiger partial charge < -0.3 is 19.4 Å². The number of benzene rings is 1. The Morgan fingerprint density at radius 1 is 1.20 bits per heavy atom. The van der Waals surface area contributed by atoms with E-state index in [0.717, 1.165) is 24.9 Å². The number of esters is 1. The molecule has 0 bridgehead atoms. The van der Waals surface area contributed by atoms with E-state index in [0.29, 0.717) is 13.0 Å². The molecular weight excluding hydrogens is 396 g/mol. The summed E-state index contributed by atoms with van der Waals surface area (Å²) in [6.45, 7) is 12.5. The van der Waals surface area contributed by atoms with E-state index in [1.165, 1.54) is 0 Å². The van der Waals surface area contributed by atoms with Crippen LogP contribution in [0.2, 0.25) is 18.1 Å². The van der Waals surface area contributed by atoms with E-state index in [9.17, 15) is 9.59 Å². The third kappa shape index (κ3) is 5.31. The lowest BCUT2D eigenvalue weighted by atomic mass is 10.1. The molecule has 1 N–H and O–H groups in total. The molecule has 2 fully saturated rings. The molecule has 2 aliphatic heterocycles. The topological polar surface area (TPSA) is 67.9 Å². The van der Waals surface area contributed by atoms with Crippen LogP contribution in [0.15, 0.2) is 30.3 Å².